The van der Waals surface area contributed by atoms with Gasteiger partial charge in [0.2, 0.25) is 0 Å². The molecule has 2 aliphatic heterocycles. The minimum absolute atomic E-state index is 0.117. The number of hydrogen-bond donors (Lipinski definition) is 2. The van der Waals surface area contributed by atoms with Gasteiger partial charge in [-0.25, -0.2) is 0 Å². The fourth-order valence-corrected chi connectivity index (χ4v) is 4.15. The molecule has 4 rings (SSSR count). The monoisotopic (exact) mass is 398 g/mol. The summed E-state index contributed by atoms with van der Waals surface area (Å²) >= 11 is 5.97. The lowest BCUT2D eigenvalue weighted by molar-refractivity contribution is -0.0271. The van der Waals surface area contributed by atoms with E-state index in [9.17, 15) is 5.11 Å². The number of hydroxylamine groups is 1. The summed E-state index contributed by atoms with van der Waals surface area (Å²) in [7, 11) is 0. The molecule has 1 unspecified atom stereocenters. The Labute approximate surface area is 171 Å². The number of piperidine rings is 1. The van der Waals surface area contributed by atoms with Gasteiger partial charge in [-0.15, -0.1) is 0 Å². The maximum atomic E-state index is 11.0. The zero-order chi connectivity index (χ0) is 19.4. The highest BCUT2D eigenvalue weighted by Crippen LogP contribution is 2.33. The van der Waals surface area contributed by atoms with E-state index < -0.39 is 5.60 Å². The summed E-state index contributed by atoms with van der Waals surface area (Å²) in [5.74, 6) is 0. The van der Waals surface area contributed by atoms with Crippen molar-refractivity contribution in [3.05, 3.63) is 76.8 Å². The van der Waals surface area contributed by atoms with E-state index in [1.165, 1.54) is 0 Å². The topological polar surface area (TPSA) is 44.7 Å². The Morgan fingerprint density at radius 1 is 1.07 bits per heavy atom. The van der Waals surface area contributed by atoms with E-state index >= 15 is 0 Å². The van der Waals surface area contributed by atoms with Crippen molar-refractivity contribution < 1.29 is 9.94 Å². The molecular weight excluding hydrogens is 372 g/mol. The minimum Gasteiger partial charge on any atom is -0.385 e. The van der Waals surface area contributed by atoms with E-state index in [0.717, 1.165) is 62.1 Å². The van der Waals surface area contributed by atoms with Gasteiger partial charge < -0.3 is 10.0 Å². The molecule has 0 bridgehead atoms. The molecule has 1 saturated heterocycles. The average Bonchev–Trinajstić information content (AvgIpc) is 3.20. The molecular formula is C23H27ClN2O2. The predicted octanol–water partition coefficient (Wildman–Crippen LogP) is 4.35. The Bertz CT molecular complexity index is 799. The molecule has 0 radical (unpaired) electrons. The Morgan fingerprint density at radius 2 is 1.79 bits per heavy atom. The van der Waals surface area contributed by atoms with E-state index in [-0.39, 0.29) is 6.10 Å². The van der Waals surface area contributed by atoms with Gasteiger partial charge in [-0.05, 0) is 61.6 Å². The van der Waals surface area contributed by atoms with E-state index in [4.69, 9.17) is 16.4 Å². The van der Waals surface area contributed by atoms with Crippen LogP contribution < -0.4 is 5.48 Å². The number of nitrogens with one attached hydrogen (secondary N) is 1. The minimum atomic E-state index is -0.729. The van der Waals surface area contributed by atoms with Crippen molar-refractivity contribution in [3.63, 3.8) is 0 Å². The summed E-state index contributed by atoms with van der Waals surface area (Å²) in [6, 6.07) is 17.9. The van der Waals surface area contributed by atoms with Crippen LogP contribution in [0.1, 0.15) is 36.8 Å². The van der Waals surface area contributed by atoms with Crippen LogP contribution in [-0.4, -0.2) is 35.7 Å². The summed E-state index contributed by atoms with van der Waals surface area (Å²) in [4.78, 5) is 8.14. The normalized spacial score (nSPS) is 21.9. The largest absolute Gasteiger partial charge is 0.385 e. The van der Waals surface area contributed by atoms with Gasteiger partial charge in [0.15, 0.2) is 0 Å². The summed E-state index contributed by atoms with van der Waals surface area (Å²) in [5.41, 5.74) is 5.50. The first kappa shape index (κ1) is 19.5. The Balaban J connectivity index is 1.22. The second kappa shape index (κ2) is 8.66. The van der Waals surface area contributed by atoms with Crippen molar-refractivity contribution in [3.8, 4) is 0 Å². The SMILES string of the molecule is OC1(c2ccc(Cl)cc2)CCN(CCCC2C=C(c3ccccc3)NO2)CC1. The van der Waals surface area contributed by atoms with Crippen molar-refractivity contribution in [1.29, 1.82) is 0 Å². The molecule has 2 aliphatic rings. The van der Waals surface area contributed by atoms with Crippen LogP contribution in [0.5, 0.6) is 0 Å². The Morgan fingerprint density at radius 3 is 2.50 bits per heavy atom. The van der Waals surface area contributed by atoms with Crippen LogP contribution >= 0.6 is 11.6 Å². The first-order valence-electron chi connectivity index (χ1n) is 10.0. The average molecular weight is 399 g/mol. The summed E-state index contributed by atoms with van der Waals surface area (Å²) in [6.45, 7) is 2.85. The number of halogens is 1. The lowest BCUT2D eigenvalue weighted by Gasteiger charge is -2.38. The molecule has 0 aromatic heterocycles. The van der Waals surface area contributed by atoms with E-state index in [2.05, 4.69) is 28.6 Å². The van der Waals surface area contributed by atoms with Crippen LogP contribution in [0.15, 0.2) is 60.7 Å². The third-order valence-electron chi connectivity index (χ3n) is 5.79. The molecule has 148 valence electrons. The lowest BCUT2D eigenvalue weighted by Crippen LogP contribution is -2.43. The maximum Gasteiger partial charge on any atom is 0.106 e. The first-order valence-corrected chi connectivity index (χ1v) is 10.4. The van der Waals surface area contributed by atoms with Gasteiger partial charge in [0, 0.05) is 18.1 Å². The first-order chi connectivity index (χ1) is 13.6. The number of likely N-dealkylation sites (tertiary alicyclic amines) is 1. The second-order valence-corrected chi connectivity index (χ2v) is 8.16. The van der Waals surface area contributed by atoms with Gasteiger partial charge in [0.25, 0.3) is 0 Å². The number of hydrogen-bond acceptors (Lipinski definition) is 4. The zero-order valence-corrected chi connectivity index (χ0v) is 16.7. The van der Waals surface area contributed by atoms with Crippen LogP contribution in [0.25, 0.3) is 5.70 Å². The molecule has 0 saturated carbocycles. The quantitative estimate of drug-likeness (QED) is 0.759. The number of benzene rings is 2. The molecule has 4 nitrogen and oxygen atoms in total. The molecule has 2 aromatic rings. The molecule has 5 heteroatoms. The predicted molar refractivity (Wildman–Crippen MR) is 113 cm³/mol. The molecule has 0 aliphatic carbocycles. The summed E-state index contributed by atoms with van der Waals surface area (Å²) in [5, 5.41) is 11.7. The van der Waals surface area contributed by atoms with Gasteiger partial charge in [0.05, 0.1) is 11.3 Å². The summed E-state index contributed by atoms with van der Waals surface area (Å²) < 4.78 is 0. The van der Waals surface area contributed by atoms with Crippen LogP contribution in [0, 0.1) is 0 Å². The van der Waals surface area contributed by atoms with Crippen molar-refractivity contribution >= 4 is 17.3 Å². The number of rotatable bonds is 6. The van der Waals surface area contributed by atoms with Gasteiger partial charge in [-0.2, -0.15) is 0 Å². The fraction of sp³-hybridized carbons (Fsp3) is 0.391. The van der Waals surface area contributed by atoms with Crippen LogP contribution in [-0.2, 0) is 10.4 Å². The Kier molecular flexibility index (Phi) is 6.02. The highest BCUT2D eigenvalue weighted by Gasteiger charge is 2.33. The van der Waals surface area contributed by atoms with E-state index in [1.807, 2.05) is 42.5 Å². The molecule has 2 N–H and O–H groups in total. The molecule has 1 fully saturated rings. The zero-order valence-electron chi connectivity index (χ0n) is 16.0. The van der Waals surface area contributed by atoms with Crippen molar-refractivity contribution in [1.82, 2.24) is 10.4 Å². The van der Waals surface area contributed by atoms with Gasteiger partial charge in [-0.3, -0.25) is 10.3 Å². The Hall–Kier alpha value is -1.85. The fourth-order valence-electron chi connectivity index (χ4n) is 4.02. The van der Waals surface area contributed by atoms with Crippen molar-refractivity contribution in [2.45, 2.75) is 37.4 Å². The molecule has 2 aromatic carbocycles. The molecule has 0 spiro atoms. The van der Waals surface area contributed by atoms with Crippen LogP contribution in [0.4, 0.5) is 0 Å². The van der Waals surface area contributed by atoms with Gasteiger partial charge in [-0.1, -0.05) is 54.1 Å². The lowest BCUT2D eigenvalue weighted by atomic mass is 9.84. The second-order valence-electron chi connectivity index (χ2n) is 7.73. The highest BCUT2D eigenvalue weighted by molar-refractivity contribution is 6.30. The summed E-state index contributed by atoms with van der Waals surface area (Å²) in [6.07, 6.45) is 5.87. The van der Waals surface area contributed by atoms with Crippen molar-refractivity contribution in [2.75, 3.05) is 19.6 Å². The molecule has 2 heterocycles. The standard InChI is InChI=1S/C23H27ClN2O2/c24-20-10-8-19(9-11-20)23(27)12-15-26(16-13-23)14-4-7-21-17-22(25-28-21)18-5-2-1-3-6-18/h1-3,5-6,8-11,17,21,25,27H,4,7,12-16H2. The molecule has 28 heavy (non-hydrogen) atoms. The van der Waals surface area contributed by atoms with Crippen LogP contribution in [0.3, 0.4) is 0 Å². The number of aliphatic hydroxyl groups is 1. The third-order valence-corrected chi connectivity index (χ3v) is 6.04. The number of nitrogens with zero attached hydrogens (tertiary/aromatic N) is 1. The molecule has 0 amide bonds. The maximum absolute atomic E-state index is 11.0. The van der Waals surface area contributed by atoms with Gasteiger partial charge in [0.1, 0.15) is 6.10 Å². The molecule has 1 atom stereocenters. The van der Waals surface area contributed by atoms with Crippen molar-refractivity contribution in [2.24, 2.45) is 0 Å². The van der Waals surface area contributed by atoms with Crippen LogP contribution in [0.2, 0.25) is 5.02 Å². The van der Waals surface area contributed by atoms with E-state index in [1.54, 1.807) is 0 Å². The smallest absolute Gasteiger partial charge is 0.106 e. The third kappa shape index (κ3) is 4.58. The highest BCUT2D eigenvalue weighted by atomic mass is 35.5. The van der Waals surface area contributed by atoms with E-state index in [0.29, 0.717) is 5.02 Å². The van der Waals surface area contributed by atoms with Gasteiger partial charge >= 0.3 is 0 Å².